The van der Waals surface area contributed by atoms with Gasteiger partial charge in [-0.15, -0.1) is 0 Å². The van der Waals surface area contributed by atoms with Crippen molar-refractivity contribution in [1.82, 2.24) is 0 Å². The first-order valence-corrected chi connectivity index (χ1v) is 10.7. The van der Waals surface area contributed by atoms with Gasteiger partial charge in [-0.1, -0.05) is 12.1 Å². The Balaban J connectivity index is 1.39. The minimum absolute atomic E-state index is 0.218. The van der Waals surface area contributed by atoms with Crippen LogP contribution in [0.1, 0.15) is 64.8 Å². The second-order valence-electron chi connectivity index (χ2n) is 9.61. The first kappa shape index (κ1) is 17.3. The summed E-state index contributed by atoms with van der Waals surface area (Å²) in [4.78, 5) is 27.6. The summed E-state index contributed by atoms with van der Waals surface area (Å²) in [6.07, 6.45) is 7.93. The molecule has 0 radical (unpaired) electrons. The number of nitrogens with zero attached hydrogens (tertiary/aromatic N) is 1. The van der Waals surface area contributed by atoms with Crippen molar-refractivity contribution in [2.75, 3.05) is 12.0 Å². The molecule has 2 aromatic carbocycles. The van der Waals surface area contributed by atoms with Crippen LogP contribution in [0.2, 0.25) is 0 Å². The Labute approximate surface area is 170 Å². The molecule has 5 aliphatic rings. The van der Waals surface area contributed by atoms with E-state index in [1.807, 2.05) is 18.2 Å². The van der Waals surface area contributed by atoms with Crippen molar-refractivity contribution in [3.8, 4) is 5.75 Å². The molecule has 2 amide bonds. The fourth-order valence-corrected chi connectivity index (χ4v) is 7.02. The highest BCUT2D eigenvalue weighted by molar-refractivity contribution is 6.34. The fourth-order valence-electron chi connectivity index (χ4n) is 7.02. The van der Waals surface area contributed by atoms with E-state index in [2.05, 4.69) is 6.07 Å². The average Bonchev–Trinajstić information content (AvgIpc) is 2.97. The molecule has 1 aliphatic heterocycles. The zero-order valence-corrected chi connectivity index (χ0v) is 16.7. The summed E-state index contributed by atoms with van der Waals surface area (Å²) in [5.41, 5.74) is 3.14. The topological polar surface area (TPSA) is 46.6 Å². The molecular formula is C25H25NO3. The minimum Gasteiger partial charge on any atom is -0.497 e. The van der Waals surface area contributed by atoms with Crippen LogP contribution in [-0.4, -0.2) is 18.9 Å². The maximum atomic E-state index is 13.3. The van der Waals surface area contributed by atoms with Gasteiger partial charge in [0.05, 0.1) is 23.9 Å². The number of carbonyl (C=O) groups is 2. The molecule has 0 unspecified atom stereocenters. The molecule has 0 N–H and O–H groups in total. The number of fused-ring (bicyclic) bond motifs is 1. The summed E-state index contributed by atoms with van der Waals surface area (Å²) in [7, 11) is 1.58. The number of ether oxygens (including phenoxy) is 1. The molecule has 4 fully saturated rings. The molecule has 0 saturated heterocycles. The van der Waals surface area contributed by atoms with Gasteiger partial charge in [0.1, 0.15) is 5.75 Å². The smallest absolute Gasteiger partial charge is 0.266 e. The highest BCUT2D eigenvalue weighted by Gasteiger charge is 2.52. The molecule has 148 valence electrons. The summed E-state index contributed by atoms with van der Waals surface area (Å²) < 4.78 is 5.27. The van der Waals surface area contributed by atoms with Crippen LogP contribution in [-0.2, 0) is 5.41 Å². The van der Waals surface area contributed by atoms with Gasteiger partial charge in [-0.25, -0.2) is 4.90 Å². The molecule has 2 aromatic rings. The van der Waals surface area contributed by atoms with Gasteiger partial charge < -0.3 is 4.74 Å². The quantitative estimate of drug-likeness (QED) is 0.699. The highest BCUT2D eigenvalue weighted by atomic mass is 16.5. The first-order valence-electron chi connectivity index (χ1n) is 10.7. The van der Waals surface area contributed by atoms with Crippen molar-refractivity contribution in [2.45, 2.75) is 43.9 Å². The maximum absolute atomic E-state index is 13.3. The predicted octanol–water partition coefficient (Wildman–Crippen LogP) is 4.96. The van der Waals surface area contributed by atoms with E-state index in [1.165, 1.54) is 49.0 Å². The Morgan fingerprint density at radius 2 is 1.52 bits per heavy atom. The zero-order chi connectivity index (χ0) is 19.8. The summed E-state index contributed by atoms with van der Waals surface area (Å²) in [5, 5.41) is 0. The van der Waals surface area contributed by atoms with Crippen molar-refractivity contribution in [3.05, 3.63) is 59.2 Å². The van der Waals surface area contributed by atoms with Gasteiger partial charge in [0, 0.05) is 6.07 Å². The molecule has 4 heteroatoms. The van der Waals surface area contributed by atoms with E-state index < -0.39 is 0 Å². The van der Waals surface area contributed by atoms with Gasteiger partial charge in [-0.2, -0.15) is 0 Å². The van der Waals surface area contributed by atoms with E-state index in [0.29, 0.717) is 22.6 Å². The summed E-state index contributed by atoms with van der Waals surface area (Å²) >= 11 is 0. The number of hydrogen-bond acceptors (Lipinski definition) is 3. The third-order valence-electron chi connectivity index (χ3n) is 7.85. The maximum Gasteiger partial charge on any atom is 0.266 e. The largest absolute Gasteiger partial charge is 0.497 e. The summed E-state index contributed by atoms with van der Waals surface area (Å²) in [6, 6.07) is 13.2. The standard InChI is InChI=1S/C25H25NO3/c1-29-20-4-2-3-19(11-20)26-23(27)21-6-5-18(10-22(21)24(26)28)25-12-15-7-16(13-25)9-17(8-15)14-25/h2-6,10-11,15-17H,7-9,12-14H2,1H3. The molecule has 4 aliphatic carbocycles. The SMILES string of the molecule is COc1cccc(N2C(=O)c3ccc(C45CC6CC(CC(C6)C4)C5)cc3C2=O)c1. The van der Waals surface area contributed by atoms with Crippen LogP contribution in [0.4, 0.5) is 5.69 Å². The lowest BCUT2D eigenvalue weighted by molar-refractivity contribution is -0.00520. The lowest BCUT2D eigenvalue weighted by Crippen LogP contribution is -2.48. The van der Waals surface area contributed by atoms with Crippen LogP contribution in [0.5, 0.6) is 5.75 Å². The molecule has 0 aromatic heterocycles. The highest BCUT2D eigenvalue weighted by Crippen LogP contribution is 2.60. The molecule has 29 heavy (non-hydrogen) atoms. The minimum atomic E-state index is -0.240. The molecule has 0 spiro atoms. The average molecular weight is 387 g/mol. The van der Waals surface area contributed by atoms with Crippen molar-refractivity contribution in [3.63, 3.8) is 0 Å². The molecule has 7 rings (SSSR count). The second kappa shape index (κ2) is 5.94. The van der Waals surface area contributed by atoms with E-state index in [4.69, 9.17) is 4.74 Å². The number of imide groups is 1. The molecule has 4 nitrogen and oxygen atoms in total. The van der Waals surface area contributed by atoms with Crippen molar-refractivity contribution in [2.24, 2.45) is 17.8 Å². The van der Waals surface area contributed by atoms with Gasteiger partial charge in [0.2, 0.25) is 0 Å². The van der Waals surface area contributed by atoms with Gasteiger partial charge in [0.25, 0.3) is 11.8 Å². The number of methoxy groups -OCH3 is 1. The monoisotopic (exact) mass is 387 g/mol. The fraction of sp³-hybridized carbons (Fsp3) is 0.440. The van der Waals surface area contributed by atoms with Crippen molar-refractivity contribution >= 4 is 17.5 Å². The third kappa shape index (κ3) is 2.44. The van der Waals surface area contributed by atoms with Crippen LogP contribution in [0.25, 0.3) is 0 Å². The number of benzene rings is 2. The lowest BCUT2D eigenvalue weighted by Gasteiger charge is -2.57. The van der Waals surface area contributed by atoms with E-state index in [-0.39, 0.29) is 17.2 Å². The number of carbonyl (C=O) groups excluding carboxylic acids is 2. The van der Waals surface area contributed by atoms with Crippen LogP contribution < -0.4 is 9.64 Å². The Morgan fingerprint density at radius 1 is 0.862 bits per heavy atom. The Hall–Kier alpha value is -2.62. The van der Waals surface area contributed by atoms with Crippen LogP contribution in [0, 0.1) is 17.8 Å². The van der Waals surface area contributed by atoms with E-state index in [9.17, 15) is 9.59 Å². The van der Waals surface area contributed by atoms with E-state index in [0.717, 1.165) is 17.8 Å². The molecule has 4 bridgehead atoms. The summed E-state index contributed by atoms with van der Waals surface area (Å²) in [6.45, 7) is 0. The molecule has 4 saturated carbocycles. The third-order valence-corrected chi connectivity index (χ3v) is 7.85. The Morgan fingerprint density at radius 3 is 2.17 bits per heavy atom. The van der Waals surface area contributed by atoms with Gasteiger partial charge in [-0.3, -0.25) is 9.59 Å². The molecule has 0 atom stereocenters. The predicted molar refractivity (Wildman–Crippen MR) is 110 cm³/mol. The number of rotatable bonds is 3. The van der Waals surface area contributed by atoms with E-state index >= 15 is 0 Å². The molecular weight excluding hydrogens is 362 g/mol. The van der Waals surface area contributed by atoms with Gasteiger partial charge in [0.15, 0.2) is 0 Å². The Bertz CT molecular complexity index is 1000. The first-order chi connectivity index (χ1) is 14.1. The number of amides is 2. The van der Waals surface area contributed by atoms with Crippen LogP contribution in [0.3, 0.4) is 0 Å². The van der Waals surface area contributed by atoms with Gasteiger partial charge >= 0.3 is 0 Å². The summed E-state index contributed by atoms with van der Waals surface area (Å²) in [5.74, 6) is 2.72. The molecule has 1 heterocycles. The van der Waals surface area contributed by atoms with Crippen molar-refractivity contribution < 1.29 is 14.3 Å². The number of anilines is 1. The zero-order valence-electron chi connectivity index (χ0n) is 16.7. The van der Waals surface area contributed by atoms with E-state index in [1.54, 1.807) is 25.3 Å². The normalized spacial score (nSPS) is 32.0. The second-order valence-corrected chi connectivity index (χ2v) is 9.61. The Kier molecular flexibility index (Phi) is 3.54. The lowest BCUT2D eigenvalue weighted by atomic mass is 9.48. The van der Waals surface area contributed by atoms with Crippen molar-refractivity contribution in [1.29, 1.82) is 0 Å². The van der Waals surface area contributed by atoms with Gasteiger partial charge in [-0.05, 0) is 91.5 Å². The number of hydrogen-bond donors (Lipinski definition) is 0. The van der Waals surface area contributed by atoms with Crippen LogP contribution >= 0.6 is 0 Å². The van der Waals surface area contributed by atoms with Crippen LogP contribution in [0.15, 0.2) is 42.5 Å².